The largest absolute Gasteiger partial charge is 0.153 e. The molecule has 0 aromatic rings. The van der Waals surface area contributed by atoms with Crippen LogP contribution in [0.1, 0.15) is 13.8 Å². The minimum Gasteiger partial charge on any atom is -0.153 e. The van der Waals surface area contributed by atoms with Crippen molar-refractivity contribution in [3.63, 3.8) is 0 Å². The van der Waals surface area contributed by atoms with E-state index in [0.29, 0.717) is 0 Å². The first-order chi connectivity index (χ1) is 1.91. The first-order valence-corrected chi connectivity index (χ1v) is 1.49. The summed E-state index contributed by atoms with van der Waals surface area (Å²) in [6, 6.07) is 0. The molecule has 0 bridgehead atoms. The van der Waals surface area contributed by atoms with Crippen LogP contribution in [0, 0.1) is 0 Å². The Morgan fingerprint density at radius 3 is 1.20 bits per heavy atom. The molecule has 1 unspecified atom stereocenters. The summed E-state index contributed by atoms with van der Waals surface area (Å²) >= 11 is 0. The number of rotatable bonds is 0. The second kappa shape index (κ2) is 8.90. The number of allylic oxidation sites excluding steroid dienone is 2. The molecule has 1 heteroatoms. The molecule has 0 saturated heterocycles. The molecule has 32 valence electrons. The lowest BCUT2D eigenvalue weighted by atomic mass is 10.6. The van der Waals surface area contributed by atoms with Gasteiger partial charge in [0.05, 0.1) is 0 Å². The maximum Gasteiger partial charge on any atom is -0.0470 e. The third-order valence-electron chi connectivity index (χ3n) is 0.333. The van der Waals surface area contributed by atoms with Crippen LogP contribution in [0.5, 0.6) is 0 Å². The van der Waals surface area contributed by atoms with Crippen molar-refractivity contribution in [2.24, 2.45) is 0 Å². The van der Waals surface area contributed by atoms with E-state index < -0.39 is 0 Å². The predicted molar refractivity (Wildman–Crippen MR) is 31.6 cm³/mol. The molecular formula is C4H11P. The second-order valence-corrected chi connectivity index (χ2v) is 0.667. The van der Waals surface area contributed by atoms with E-state index in [2.05, 4.69) is 0 Å². The van der Waals surface area contributed by atoms with Gasteiger partial charge in [0.25, 0.3) is 0 Å². The van der Waals surface area contributed by atoms with Crippen LogP contribution in [0.4, 0.5) is 0 Å². The first-order valence-electron chi connectivity index (χ1n) is 1.49. The van der Waals surface area contributed by atoms with E-state index in [1.54, 1.807) is 0 Å². The van der Waals surface area contributed by atoms with E-state index in [1.165, 1.54) is 0 Å². The lowest BCUT2D eigenvalue weighted by Gasteiger charge is -1.49. The molecule has 0 rings (SSSR count). The Kier molecular flexibility index (Phi) is 15.9. The van der Waals surface area contributed by atoms with Gasteiger partial charge in [-0.25, -0.2) is 0 Å². The number of hydrogen-bond acceptors (Lipinski definition) is 0. The zero-order valence-electron chi connectivity index (χ0n) is 3.86. The van der Waals surface area contributed by atoms with Crippen LogP contribution in [0.3, 0.4) is 0 Å². The van der Waals surface area contributed by atoms with E-state index >= 15 is 0 Å². The molecule has 0 N–H and O–H groups in total. The van der Waals surface area contributed by atoms with Gasteiger partial charge in [0.2, 0.25) is 0 Å². The molecule has 0 nitrogen and oxygen atoms in total. The smallest absolute Gasteiger partial charge is 0.0470 e. The van der Waals surface area contributed by atoms with Gasteiger partial charge in [0.1, 0.15) is 0 Å². The average molecular weight is 90.1 g/mol. The van der Waals surface area contributed by atoms with E-state index in [9.17, 15) is 0 Å². The number of hydrogen-bond donors (Lipinski definition) is 0. The monoisotopic (exact) mass is 90.1 g/mol. The summed E-state index contributed by atoms with van der Waals surface area (Å²) in [6.07, 6.45) is 4.00. The van der Waals surface area contributed by atoms with Gasteiger partial charge in [-0.2, -0.15) is 9.90 Å². The van der Waals surface area contributed by atoms with Crippen molar-refractivity contribution in [1.29, 1.82) is 0 Å². The van der Waals surface area contributed by atoms with Gasteiger partial charge in [-0.1, -0.05) is 12.2 Å². The quantitative estimate of drug-likeness (QED) is 0.313. The molecule has 0 aromatic carbocycles. The van der Waals surface area contributed by atoms with E-state index in [-0.39, 0.29) is 9.90 Å². The van der Waals surface area contributed by atoms with Crippen LogP contribution < -0.4 is 0 Å². The molecule has 0 aliphatic rings. The maximum atomic E-state index is 2.00. The molecule has 0 aliphatic heterocycles. The van der Waals surface area contributed by atoms with Crippen molar-refractivity contribution in [2.45, 2.75) is 13.8 Å². The Balaban J connectivity index is 0. The third kappa shape index (κ3) is 14.3. The Morgan fingerprint density at radius 2 is 1.20 bits per heavy atom. The standard InChI is InChI=1S/C4H8.H3P/c1-3-4-2;/h3-4H,1-2H3;1H3/b4-3-;. The van der Waals surface area contributed by atoms with Crippen molar-refractivity contribution in [3.05, 3.63) is 12.2 Å². The molecule has 0 fully saturated rings. The SMILES string of the molecule is C/C=C\C.P. The fraction of sp³-hybridized carbons (Fsp3) is 0.500. The highest BCUT2D eigenvalue weighted by Gasteiger charge is 1.34. The van der Waals surface area contributed by atoms with Crippen LogP contribution in [-0.2, 0) is 0 Å². The molecule has 1 atom stereocenters. The fourth-order valence-corrected chi connectivity index (χ4v) is 0. The molecule has 5 heavy (non-hydrogen) atoms. The van der Waals surface area contributed by atoms with Crippen molar-refractivity contribution in [1.82, 2.24) is 0 Å². The lowest BCUT2D eigenvalue weighted by molar-refractivity contribution is 1.64. The Labute approximate surface area is 36.9 Å². The van der Waals surface area contributed by atoms with Gasteiger partial charge >= 0.3 is 0 Å². The van der Waals surface area contributed by atoms with Crippen LogP contribution >= 0.6 is 9.90 Å². The van der Waals surface area contributed by atoms with Crippen molar-refractivity contribution >= 4 is 9.90 Å². The summed E-state index contributed by atoms with van der Waals surface area (Å²) in [4.78, 5) is 0. The maximum absolute atomic E-state index is 2.00. The minimum absolute atomic E-state index is 0. The normalized spacial score (nSPS) is 7.60. The fourth-order valence-electron chi connectivity index (χ4n) is 0. The molecule has 0 saturated carbocycles. The average Bonchev–Trinajstić information content (AvgIpc) is 1.37. The Bertz CT molecular complexity index is 18.8. The summed E-state index contributed by atoms with van der Waals surface area (Å²) in [5, 5.41) is 0. The van der Waals surface area contributed by atoms with Gasteiger partial charge in [-0.3, -0.25) is 0 Å². The Hall–Kier alpha value is 0.170. The highest BCUT2D eigenvalue weighted by Crippen LogP contribution is 1.57. The summed E-state index contributed by atoms with van der Waals surface area (Å²) in [5.74, 6) is 0. The third-order valence-corrected chi connectivity index (χ3v) is 0.333. The van der Waals surface area contributed by atoms with Crippen molar-refractivity contribution in [2.75, 3.05) is 0 Å². The van der Waals surface area contributed by atoms with Gasteiger partial charge in [-0.05, 0) is 13.8 Å². The zero-order valence-corrected chi connectivity index (χ0v) is 5.28. The van der Waals surface area contributed by atoms with Gasteiger partial charge in [-0.15, -0.1) is 0 Å². The summed E-state index contributed by atoms with van der Waals surface area (Å²) in [6.45, 7) is 4.00. The van der Waals surface area contributed by atoms with E-state index in [1.807, 2.05) is 26.0 Å². The molecule has 0 heterocycles. The summed E-state index contributed by atoms with van der Waals surface area (Å²) in [7, 11) is 0. The molecular weight excluding hydrogens is 79.0 g/mol. The van der Waals surface area contributed by atoms with Crippen LogP contribution in [0.2, 0.25) is 0 Å². The molecule has 0 radical (unpaired) electrons. The van der Waals surface area contributed by atoms with Gasteiger partial charge in [0, 0.05) is 0 Å². The topological polar surface area (TPSA) is 0 Å². The highest BCUT2D eigenvalue weighted by molar-refractivity contribution is 6.92. The van der Waals surface area contributed by atoms with Crippen LogP contribution in [0.25, 0.3) is 0 Å². The zero-order chi connectivity index (χ0) is 3.41. The molecule has 0 aliphatic carbocycles. The summed E-state index contributed by atoms with van der Waals surface area (Å²) in [5.41, 5.74) is 0. The minimum atomic E-state index is 0. The van der Waals surface area contributed by atoms with Crippen LogP contribution in [-0.4, -0.2) is 0 Å². The summed E-state index contributed by atoms with van der Waals surface area (Å²) < 4.78 is 0. The van der Waals surface area contributed by atoms with Crippen LogP contribution in [0.15, 0.2) is 12.2 Å². The van der Waals surface area contributed by atoms with Gasteiger partial charge < -0.3 is 0 Å². The van der Waals surface area contributed by atoms with Gasteiger partial charge in [0.15, 0.2) is 0 Å². The first kappa shape index (κ1) is 8.95. The molecule has 0 amide bonds. The predicted octanol–water partition coefficient (Wildman–Crippen LogP) is 1.64. The van der Waals surface area contributed by atoms with E-state index in [0.717, 1.165) is 0 Å². The molecule has 0 aromatic heterocycles. The molecule has 0 spiro atoms. The highest BCUT2D eigenvalue weighted by atomic mass is 31.0. The second-order valence-electron chi connectivity index (χ2n) is 0.667. The lowest BCUT2D eigenvalue weighted by Crippen LogP contribution is -1.26. The van der Waals surface area contributed by atoms with Crippen molar-refractivity contribution in [3.8, 4) is 0 Å². The Morgan fingerprint density at radius 1 is 1.00 bits per heavy atom. The van der Waals surface area contributed by atoms with E-state index in [4.69, 9.17) is 0 Å². The van der Waals surface area contributed by atoms with Crippen molar-refractivity contribution < 1.29 is 0 Å².